The predicted octanol–water partition coefficient (Wildman–Crippen LogP) is 3.39. The Labute approximate surface area is 138 Å². The summed E-state index contributed by atoms with van der Waals surface area (Å²) in [5.41, 5.74) is 2.21. The standard InChI is InChI=1S/C16H20N4O2S/c1-10-19-20-16(23-10)17-6-4-5-11-7-13-14(18-11)8-12(21-2)9-15(13)22-3/h7-9,18H,4-6H2,1-3H3,(H,17,20). The van der Waals surface area contributed by atoms with Crippen molar-refractivity contribution in [1.29, 1.82) is 0 Å². The normalized spacial score (nSPS) is 10.9. The fourth-order valence-electron chi connectivity index (χ4n) is 2.50. The second-order valence-electron chi connectivity index (χ2n) is 5.24. The first-order chi connectivity index (χ1) is 11.2. The van der Waals surface area contributed by atoms with E-state index in [2.05, 4.69) is 26.6 Å². The average molecular weight is 332 g/mol. The monoisotopic (exact) mass is 332 g/mol. The highest BCUT2D eigenvalue weighted by Gasteiger charge is 2.09. The van der Waals surface area contributed by atoms with Gasteiger partial charge in [-0.3, -0.25) is 0 Å². The van der Waals surface area contributed by atoms with Gasteiger partial charge in [0.15, 0.2) is 0 Å². The van der Waals surface area contributed by atoms with Crippen LogP contribution in [0.3, 0.4) is 0 Å². The zero-order valence-electron chi connectivity index (χ0n) is 13.5. The molecule has 0 radical (unpaired) electrons. The van der Waals surface area contributed by atoms with Gasteiger partial charge in [0.2, 0.25) is 5.13 Å². The third-order valence-corrected chi connectivity index (χ3v) is 4.41. The molecule has 0 aliphatic rings. The van der Waals surface area contributed by atoms with Crippen molar-refractivity contribution < 1.29 is 9.47 Å². The van der Waals surface area contributed by atoms with Gasteiger partial charge in [-0.15, -0.1) is 10.2 Å². The Hall–Kier alpha value is -2.28. The van der Waals surface area contributed by atoms with Crippen LogP contribution in [-0.4, -0.2) is 35.9 Å². The Kier molecular flexibility index (Phi) is 4.66. The summed E-state index contributed by atoms with van der Waals surface area (Å²) < 4.78 is 10.7. The Morgan fingerprint density at radius 3 is 2.74 bits per heavy atom. The number of anilines is 1. The maximum absolute atomic E-state index is 5.44. The summed E-state index contributed by atoms with van der Waals surface area (Å²) >= 11 is 1.58. The van der Waals surface area contributed by atoms with Crippen LogP contribution in [0.5, 0.6) is 11.5 Å². The molecular weight excluding hydrogens is 312 g/mol. The number of fused-ring (bicyclic) bond motifs is 1. The Bertz CT molecular complexity index is 797. The number of methoxy groups -OCH3 is 2. The van der Waals surface area contributed by atoms with Crippen molar-refractivity contribution in [2.24, 2.45) is 0 Å². The fourth-order valence-corrected chi connectivity index (χ4v) is 3.12. The first-order valence-electron chi connectivity index (χ1n) is 7.47. The largest absolute Gasteiger partial charge is 0.497 e. The molecule has 0 aliphatic carbocycles. The molecular formula is C16H20N4O2S. The van der Waals surface area contributed by atoms with Crippen molar-refractivity contribution in [2.45, 2.75) is 19.8 Å². The third kappa shape index (κ3) is 3.56. The van der Waals surface area contributed by atoms with Gasteiger partial charge in [0.1, 0.15) is 16.5 Å². The number of aromatic amines is 1. The van der Waals surface area contributed by atoms with E-state index >= 15 is 0 Å². The molecule has 122 valence electrons. The lowest BCUT2D eigenvalue weighted by molar-refractivity contribution is 0.398. The van der Waals surface area contributed by atoms with E-state index in [0.29, 0.717) is 0 Å². The molecule has 2 N–H and O–H groups in total. The summed E-state index contributed by atoms with van der Waals surface area (Å²) in [6.45, 7) is 2.82. The summed E-state index contributed by atoms with van der Waals surface area (Å²) in [7, 11) is 3.33. The number of aromatic nitrogens is 3. The summed E-state index contributed by atoms with van der Waals surface area (Å²) in [5, 5.41) is 14.3. The highest BCUT2D eigenvalue weighted by molar-refractivity contribution is 7.15. The highest BCUT2D eigenvalue weighted by atomic mass is 32.1. The number of rotatable bonds is 7. The van der Waals surface area contributed by atoms with Gasteiger partial charge in [0.05, 0.1) is 19.7 Å². The molecule has 7 heteroatoms. The molecule has 0 aliphatic heterocycles. The molecule has 3 aromatic rings. The molecule has 2 heterocycles. The topological polar surface area (TPSA) is 72.1 Å². The fraction of sp³-hybridized carbons (Fsp3) is 0.375. The minimum absolute atomic E-state index is 0.788. The predicted molar refractivity (Wildman–Crippen MR) is 92.9 cm³/mol. The Balaban J connectivity index is 1.64. The maximum atomic E-state index is 5.44. The molecule has 23 heavy (non-hydrogen) atoms. The second kappa shape index (κ2) is 6.87. The van der Waals surface area contributed by atoms with E-state index in [4.69, 9.17) is 9.47 Å². The first kappa shape index (κ1) is 15.6. The molecule has 1 aromatic carbocycles. The van der Waals surface area contributed by atoms with Gasteiger partial charge < -0.3 is 19.8 Å². The minimum atomic E-state index is 0.788. The van der Waals surface area contributed by atoms with Crippen molar-refractivity contribution >= 4 is 27.4 Å². The van der Waals surface area contributed by atoms with Crippen molar-refractivity contribution in [3.8, 4) is 11.5 Å². The van der Waals surface area contributed by atoms with E-state index in [9.17, 15) is 0 Å². The van der Waals surface area contributed by atoms with Crippen LogP contribution in [-0.2, 0) is 6.42 Å². The molecule has 0 bridgehead atoms. The quantitative estimate of drug-likeness (QED) is 0.649. The maximum Gasteiger partial charge on any atom is 0.205 e. The molecule has 2 aromatic heterocycles. The van der Waals surface area contributed by atoms with Crippen LogP contribution in [0.25, 0.3) is 10.9 Å². The lowest BCUT2D eigenvalue weighted by Crippen LogP contribution is -2.02. The van der Waals surface area contributed by atoms with Gasteiger partial charge >= 0.3 is 0 Å². The van der Waals surface area contributed by atoms with Gasteiger partial charge in [-0.05, 0) is 25.8 Å². The van der Waals surface area contributed by atoms with Crippen LogP contribution in [0.2, 0.25) is 0 Å². The molecule has 0 spiro atoms. The minimum Gasteiger partial charge on any atom is -0.497 e. The average Bonchev–Trinajstić information content (AvgIpc) is 3.16. The zero-order chi connectivity index (χ0) is 16.2. The van der Waals surface area contributed by atoms with Gasteiger partial charge in [0.25, 0.3) is 0 Å². The van der Waals surface area contributed by atoms with E-state index in [1.165, 1.54) is 5.69 Å². The van der Waals surface area contributed by atoms with Crippen LogP contribution >= 0.6 is 11.3 Å². The molecule has 3 rings (SSSR count). The van der Waals surface area contributed by atoms with Crippen LogP contribution in [0.15, 0.2) is 18.2 Å². The van der Waals surface area contributed by atoms with E-state index in [1.54, 1.807) is 25.6 Å². The Morgan fingerprint density at radius 2 is 2.04 bits per heavy atom. The van der Waals surface area contributed by atoms with Crippen LogP contribution in [0, 0.1) is 6.92 Å². The number of ether oxygens (including phenoxy) is 2. The SMILES string of the molecule is COc1cc(OC)c2cc(CCCNc3nnc(C)s3)[nH]c2c1. The lowest BCUT2D eigenvalue weighted by Gasteiger charge is -2.04. The van der Waals surface area contributed by atoms with Crippen molar-refractivity contribution in [1.82, 2.24) is 15.2 Å². The van der Waals surface area contributed by atoms with E-state index in [0.717, 1.165) is 51.9 Å². The molecule has 0 fully saturated rings. The summed E-state index contributed by atoms with van der Waals surface area (Å²) in [4.78, 5) is 3.43. The van der Waals surface area contributed by atoms with E-state index < -0.39 is 0 Å². The number of nitrogens with zero attached hydrogens (tertiary/aromatic N) is 2. The number of nitrogens with one attached hydrogen (secondary N) is 2. The first-order valence-corrected chi connectivity index (χ1v) is 8.29. The van der Waals surface area contributed by atoms with Crippen molar-refractivity contribution in [3.05, 3.63) is 28.9 Å². The van der Waals surface area contributed by atoms with Crippen LogP contribution in [0.4, 0.5) is 5.13 Å². The molecule has 6 nitrogen and oxygen atoms in total. The van der Waals surface area contributed by atoms with Crippen molar-refractivity contribution in [2.75, 3.05) is 26.1 Å². The highest BCUT2D eigenvalue weighted by Crippen LogP contribution is 2.31. The summed E-state index contributed by atoms with van der Waals surface area (Å²) in [5.74, 6) is 1.61. The second-order valence-corrected chi connectivity index (χ2v) is 6.42. The molecule has 0 saturated carbocycles. The van der Waals surface area contributed by atoms with Crippen LogP contribution < -0.4 is 14.8 Å². The lowest BCUT2D eigenvalue weighted by atomic mass is 10.2. The number of hydrogen-bond donors (Lipinski definition) is 2. The zero-order valence-corrected chi connectivity index (χ0v) is 14.3. The van der Waals surface area contributed by atoms with E-state index in [1.807, 2.05) is 19.1 Å². The molecule has 0 unspecified atom stereocenters. The van der Waals surface area contributed by atoms with Crippen LogP contribution in [0.1, 0.15) is 17.1 Å². The van der Waals surface area contributed by atoms with Gasteiger partial charge in [0, 0.05) is 29.8 Å². The molecule has 0 amide bonds. The van der Waals surface area contributed by atoms with Crippen molar-refractivity contribution in [3.63, 3.8) is 0 Å². The Morgan fingerprint density at radius 1 is 1.17 bits per heavy atom. The number of benzene rings is 1. The van der Waals surface area contributed by atoms with Gasteiger partial charge in [-0.1, -0.05) is 11.3 Å². The third-order valence-electron chi connectivity index (χ3n) is 3.61. The van der Waals surface area contributed by atoms with E-state index in [-0.39, 0.29) is 0 Å². The number of H-pyrrole nitrogens is 1. The summed E-state index contributed by atoms with van der Waals surface area (Å²) in [6, 6.07) is 6.03. The molecule has 0 atom stereocenters. The number of aryl methyl sites for hydroxylation is 2. The number of hydrogen-bond acceptors (Lipinski definition) is 6. The van der Waals surface area contributed by atoms with Gasteiger partial charge in [-0.25, -0.2) is 0 Å². The summed E-state index contributed by atoms with van der Waals surface area (Å²) in [6.07, 6.45) is 1.95. The van der Waals surface area contributed by atoms with Gasteiger partial charge in [-0.2, -0.15) is 0 Å². The molecule has 0 saturated heterocycles. The smallest absolute Gasteiger partial charge is 0.205 e.